The lowest BCUT2D eigenvalue weighted by molar-refractivity contribution is -0.0819. The molecule has 2 radical (unpaired) electrons. The average Bonchev–Trinajstić information content (AvgIpc) is 2.71. The summed E-state index contributed by atoms with van der Waals surface area (Å²) >= 11 is 0. The molecule has 0 amide bonds. The molecule has 0 bridgehead atoms. The molecular weight excluding hydrogens is 232 g/mol. The number of hydrogen-bond donors (Lipinski definition) is 0. The highest BCUT2D eigenvalue weighted by atomic mass is 28.2. The van der Waals surface area contributed by atoms with Crippen LogP contribution in [0, 0.1) is 0 Å². The second-order valence-corrected chi connectivity index (χ2v) is 4.79. The maximum atomic E-state index is 5.74. The lowest BCUT2D eigenvalue weighted by atomic mass is 10.3. The van der Waals surface area contributed by atoms with Gasteiger partial charge in [0.05, 0.1) is 5.38 Å². The zero-order valence-corrected chi connectivity index (χ0v) is 11.1. The third-order valence-corrected chi connectivity index (χ3v) is 3.42. The molecule has 0 spiro atoms. The Hall–Kier alpha value is -1.10. The molecule has 90 valence electrons. The van der Waals surface area contributed by atoms with E-state index in [0.717, 1.165) is 16.4 Å². The second kappa shape index (κ2) is 6.00. The van der Waals surface area contributed by atoms with Gasteiger partial charge in [-0.1, -0.05) is 18.2 Å². The summed E-state index contributed by atoms with van der Waals surface area (Å²) in [6.07, 6.45) is 0. The van der Waals surface area contributed by atoms with Crippen LogP contribution in [-0.2, 0) is 9.47 Å². The van der Waals surface area contributed by atoms with Crippen LogP contribution in [-0.4, -0.2) is 28.6 Å². The fourth-order valence-corrected chi connectivity index (χ4v) is 2.74. The highest BCUT2D eigenvalue weighted by Crippen LogP contribution is 2.12. The van der Waals surface area contributed by atoms with Crippen LogP contribution < -0.4 is 5.38 Å². The molecule has 17 heavy (non-hydrogen) atoms. The minimum Gasteiger partial charge on any atom is -0.467 e. The first-order valence-electron chi connectivity index (χ1n) is 5.81. The van der Waals surface area contributed by atoms with Crippen molar-refractivity contribution in [2.45, 2.75) is 19.8 Å². The Kier molecular flexibility index (Phi) is 4.36. The van der Waals surface area contributed by atoms with Gasteiger partial charge >= 0.3 is 0 Å². The normalized spacial score (nSPS) is 11.5. The van der Waals surface area contributed by atoms with Crippen molar-refractivity contribution >= 4 is 25.9 Å². The smallest absolute Gasteiger partial charge is 0.207 e. The van der Waals surface area contributed by atoms with Gasteiger partial charge in [0.2, 0.25) is 9.52 Å². The third kappa shape index (κ3) is 3.18. The molecule has 0 unspecified atom stereocenters. The van der Waals surface area contributed by atoms with Crippen LogP contribution in [0.25, 0.3) is 11.0 Å². The Labute approximate surface area is 104 Å². The van der Waals surface area contributed by atoms with Gasteiger partial charge in [0, 0.05) is 18.6 Å². The van der Waals surface area contributed by atoms with Crippen molar-refractivity contribution in [3.63, 3.8) is 0 Å². The highest BCUT2D eigenvalue weighted by Gasteiger charge is 2.14. The molecule has 0 aliphatic carbocycles. The SMILES string of the molecule is CCOC(OCC)[Si]c1cc2ccccc2o1. The Morgan fingerprint density at radius 2 is 1.88 bits per heavy atom. The van der Waals surface area contributed by atoms with Crippen molar-refractivity contribution in [1.29, 1.82) is 0 Å². The molecule has 1 heterocycles. The Morgan fingerprint density at radius 1 is 1.18 bits per heavy atom. The number of benzene rings is 1. The molecule has 0 aliphatic rings. The molecule has 4 heteroatoms. The predicted octanol–water partition coefficient (Wildman–Crippen LogP) is 2.12. The van der Waals surface area contributed by atoms with Crippen LogP contribution in [0.4, 0.5) is 0 Å². The van der Waals surface area contributed by atoms with E-state index in [9.17, 15) is 0 Å². The highest BCUT2D eigenvalue weighted by molar-refractivity contribution is 6.53. The minimum absolute atomic E-state index is 0.189. The summed E-state index contributed by atoms with van der Waals surface area (Å²) in [6, 6.07) is 10.1. The van der Waals surface area contributed by atoms with Crippen LogP contribution in [0.5, 0.6) is 0 Å². The van der Waals surface area contributed by atoms with Crippen LogP contribution in [0.15, 0.2) is 34.7 Å². The first kappa shape index (κ1) is 12.4. The number of furan rings is 1. The molecule has 1 aromatic carbocycles. The van der Waals surface area contributed by atoms with E-state index in [4.69, 9.17) is 13.9 Å². The van der Waals surface area contributed by atoms with Gasteiger partial charge in [-0.3, -0.25) is 0 Å². The van der Waals surface area contributed by atoms with E-state index in [2.05, 4.69) is 6.07 Å². The van der Waals surface area contributed by atoms with Crippen LogP contribution in [0.1, 0.15) is 13.8 Å². The number of rotatable bonds is 6. The van der Waals surface area contributed by atoms with E-state index >= 15 is 0 Å². The first-order chi connectivity index (χ1) is 8.33. The number of hydrogen-bond acceptors (Lipinski definition) is 3. The van der Waals surface area contributed by atoms with Crippen molar-refractivity contribution in [3.05, 3.63) is 30.3 Å². The molecular formula is C13H16O3Si. The van der Waals surface area contributed by atoms with Crippen molar-refractivity contribution in [2.75, 3.05) is 13.2 Å². The molecule has 2 aromatic rings. The Balaban J connectivity index is 2.10. The monoisotopic (exact) mass is 248 g/mol. The van der Waals surface area contributed by atoms with E-state index in [1.54, 1.807) is 0 Å². The van der Waals surface area contributed by atoms with Gasteiger partial charge in [-0.2, -0.15) is 0 Å². The molecule has 2 rings (SSSR count). The van der Waals surface area contributed by atoms with Crippen molar-refractivity contribution in [2.24, 2.45) is 0 Å². The first-order valence-corrected chi connectivity index (χ1v) is 6.89. The summed E-state index contributed by atoms with van der Waals surface area (Å²) in [7, 11) is 0.381. The molecule has 0 atom stereocenters. The summed E-state index contributed by atoms with van der Waals surface area (Å²) in [5.74, 6) is -0.189. The molecule has 0 N–H and O–H groups in total. The lowest BCUT2D eigenvalue weighted by Gasteiger charge is -2.14. The van der Waals surface area contributed by atoms with E-state index in [1.165, 1.54) is 0 Å². The molecule has 0 aliphatic heterocycles. The van der Waals surface area contributed by atoms with E-state index in [-0.39, 0.29) is 5.91 Å². The lowest BCUT2D eigenvalue weighted by Crippen LogP contribution is -2.32. The van der Waals surface area contributed by atoms with Gasteiger partial charge in [0.25, 0.3) is 0 Å². The summed E-state index contributed by atoms with van der Waals surface area (Å²) < 4.78 is 16.8. The van der Waals surface area contributed by atoms with Crippen molar-refractivity contribution in [1.82, 2.24) is 0 Å². The zero-order valence-electron chi connectivity index (χ0n) is 10.1. The quantitative estimate of drug-likeness (QED) is 0.579. The number of fused-ring (bicyclic) bond motifs is 1. The molecule has 1 aromatic heterocycles. The van der Waals surface area contributed by atoms with Crippen molar-refractivity contribution in [3.8, 4) is 0 Å². The second-order valence-electron chi connectivity index (χ2n) is 3.54. The maximum absolute atomic E-state index is 5.74. The topological polar surface area (TPSA) is 31.6 Å². The van der Waals surface area contributed by atoms with Gasteiger partial charge in [0.1, 0.15) is 11.5 Å². The van der Waals surface area contributed by atoms with Crippen LogP contribution in [0.3, 0.4) is 0 Å². The summed E-state index contributed by atoms with van der Waals surface area (Å²) in [5.41, 5.74) is 0.918. The molecule has 0 fully saturated rings. The van der Waals surface area contributed by atoms with E-state index in [0.29, 0.717) is 22.7 Å². The van der Waals surface area contributed by atoms with E-state index < -0.39 is 0 Å². The van der Waals surface area contributed by atoms with Crippen LogP contribution in [0.2, 0.25) is 0 Å². The van der Waals surface area contributed by atoms with E-state index in [1.807, 2.05) is 38.1 Å². The summed E-state index contributed by atoms with van der Waals surface area (Å²) in [6.45, 7) is 5.24. The summed E-state index contributed by atoms with van der Waals surface area (Å²) in [4.78, 5) is 0. The third-order valence-electron chi connectivity index (χ3n) is 2.32. The maximum Gasteiger partial charge on any atom is 0.207 e. The minimum atomic E-state index is -0.189. The molecule has 0 saturated heterocycles. The molecule has 3 nitrogen and oxygen atoms in total. The number of para-hydroxylation sites is 1. The standard InChI is InChI=1S/C13H16O3Si/c1-3-14-13(15-4-2)17-12-9-10-7-5-6-8-11(10)16-12/h5-9,13H,3-4H2,1-2H3. The van der Waals surface area contributed by atoms with Gasteiger partial charge in [-0.05, 0) is 26.0 Å². The predicted molar refractivity (Wildman–Crippen MR) is 68.6 cm³/mol. The van der Waals surface area contributed by atoms with Gasteiger partial charge in [-0.15, -0.1) is 0 Å². The van der Waals surface area contributed by atoms with Crippen molar-refractivity contribution < 1.29 is 13.9 Å². The zero-order chi connectivity index (χ0) is 12.1. The van der Waals surface area contributed by atoms with Crippen LogP contribution >= 0.6 is 0 Å². The fourth-order valence-electron chi connectivity index (χ4n) is 1.60. The van der Waals surface area contributed by atoms with Gasteiger partial charge in [0.15, 0.2) is 0 Å². The summed E-state index contributed by atoms with van der Waals surface area (Å²) in [5, 5.41) is 2.06. The largest absolute Gasteiger partial charge is 0.467 e. The Morgan fingerprint density at radius 3 is 2.53 bits per heavy atom. The van der Waals surface area contributed by atoms with Gasteiger partial charge in [-0.25, -0.2) is 0 Å². The Bertz CT molecular complexity index is 427. The number of ether oxygens (including phenoxy) is 2. The average molecular weight is 248 g/mol. The fraction of sp³-hybridized carbons (Fsp3) is 0.385. The van der Waals surface area contributed by atoms with Gasteiger partial charge < -0.3 is 13.9 Å². The molecule has 0 saturated carbocycles.